The van der Waals surface area contributed by atoms with E-state index in [4.69, 9.17) is 0 Å². The summed E-state index contributed by atoms with van der Waals surface area (Å²) < 4.78 is 0. The second-order valence-corrected chi connectivity index (χ2v) is 5.80. The van der Waals surface area contributed by atoms with Gasteiger partial charge in [0.05, 0.1) is 0 Å². The molecule has 0 saturated heterocycles. The molecule has 0 spiro atoms. The summed E-state index contributed by atoms with van der Waals surface area (Å²) in [6.07, 6.45) is 6.16. The molecule has 94 valence electrons. The lowest BCUT2D eigenvalue weighted by atomic mass is 9.97. The van der Waals surface area contributed by atoms with Gasteiger partial charge in [-0.05, 0) is 47.5 Å². The summed E-state index contributed by atoms with van der Waals surface area (Å²) in [4.78, 5) is 8.28. The van der Waals surface area contributed by atoms with Crippen LogP contribution in [-0.4, -0.2) is 16.4 Å². The summed E-state index contributed by atoms with van der Waals surface area (Å²) in [6.45, 7) is 4.50. The van der Waals surface area contributed by atoms with E-state index in [0.29, 0.717) is 6.04 Å². The average molecular weight is 258 g/mol. The molecule has 3 heterocycles. The summed E-state index contributed by atoms with van der Waals surface area (Å²) >= 11 is 1.92. The van der Waals surface area contributed by atoms with E-state index in [-0.39, 0.29) is 0 Å². The van der Waals surface area contributed by atoms with Gasteiger partial charge >= 0.3 is 0 Å². The number of thiophene rings is 1. The maximum atomic E-state index is 4.09. The lowest BCUT2D eigenvalue weighted by Gasteiger charge is -2.35. The van der Waals surface area contributed by atoms with Crippen LogP contribution in [0.4, 0.5) is 0 Å². The molecule has 0 aromatic carbocycles. The molecule has 0 radical (unpaired) electrons. The zero-order valence-corrected chi connectivity index (χ0v) is 11.5. The van der Waals surface area contributed by atoms with Crippen LogP contribution in [0.2, 0.25) is 0 Å². The number of hydrogen-bond acceptors (Lipinski definition) is 3. The number of rotatable bonds is 3. The Kier molecular flexibility index (Phi) is 3.43. The minimum absolute atomic E-state index is 0.591. The molecule has 2 aromatic heterocycles. The van der Waals surface area contributed by atoms with Crippen LogP contribution in [0.15, 0.2) is 36.0 Å². The van der Waals surface area contributed by atoms with Crippen LogP contribution in [-0.2, 0) is 13.0 Å². The van der Waals surface area contributed by atoms with E-state index in [1.807, 2.05) is 23.7 Å². The first-order valence-electron chi connectivity index (χ1n) is 6.57. The van der Waals surface area contributed by atoms with Crippen molar-refractivity contribution in [1.29, 1.82) is 0 Å². The first-order valence-corrected chi connectivity index (χ1v) is 7.45. The number of pyridine rings is 1. The predicted octanol–water partition coefficient (Wildman–Crippen LogP) is 3.65. The van der Waals surface area contributed by atoms with Gasteiger partial charge in [-0.15, -0.1) is 11.3 Å². The quantitative estimate of drug-likeness (QED) is 0.835. The highest BCUT2D eigenvalue weighted by molar-refractivity contribution is 7.10. The smallest absolute Gasteiger partial charge is 0.0360 e. The van der Waals surface area contributed by atoms with E-state index in [9.17, 15) is 0 Å². The fourth-order valence-electron chi connectivity index (χ4n) is 2.84. The third kappa shape index (κ3) is 2.20. The first kappa shape index (κ1) is 11.9. The summed E-state index contributed by atoms with van der Waals surface area (Å²) in [5, 5.41) is 2.24. The standard InChI is InChI=1S/C15H18N2S/c1-2-14-13-6-10-18-15(13)5-9-17(14)11-12-3-7-16-8-4-12/h3-4,6-8,10,14H,2,5,9,11H2,1H3/t14-/m0/s1. The molecule has 0 bridgehead atoms. The van der Waals surface area contributed by atoms with Crippen molar-refractivity contribution in [3.05, 3.63) is 52.0 Å². The van der Waals surface area contributed by atoms with Gasteiger partial charge in [0.1, 0.15) is 0 Å². The zero-order valence-electron chi connectivity index (χ0n) is 10.7. The normalized spacial score (nSPS) is 19.7. The Morgan fingerprint density at radius 1 is 1.33 bits per heavy atom. The van der Waals surface area contributed by atoms with E-state index >= 15 is 0 Å². The van der Waals surface area contributed by atoms with Crippen LogP contribution in [0.5, 0.6) is 0 Å². The average Bonchev–Trinajstić information content (AvgIpc) is 2.88. The van der Waals surface area contributed by atoms with Crippen molar-refractivity contribution in [3.63, 3.8) is 0 Å². The Hall–Kier alpha value is -1.19. The fraction of sp³-hybridized carbons (Fsp3) is 0.400. The van der Waals surface area contributed by atoms with Crippen molar-refractivity contribution in [2.45, 2.75) is 32.4 Å². The molecule has 3 rings (SSSR count). The Bertz CT molecular complexity index is 506. The van der Waals surface area contributed by atoms with Crippen LogP contribution < -0.4 is 0 Å². The van der Waals surface area contributed by atoms with Gasteiger partial charge in [0, 0.05) is 36.4 Å². The Balaban J connectivity index is 1.81. The highest BCUT2D eigenvalue weighted by Gasteiger charge is 2.26. The monoisotopic (exact) mass is 258 g/mol. The third-order valence-electron chi connectivity index (χ3n) is 3.73. The van der Waals surface area contributed by atoms with Crippen molar-refractivity contribution in [3.8, 4) is 0 Å². The zero-order chi connectivity index (χ0) is 12.4. The molecule has 0 saturated carbocycles. The van der Waals surface area contributed by atoms with Gasteiger partial charge in [-0.3, -0.25) is 9.88 Å². The van der Waals surface area contributed by atoms with Gasteiger partial charge in [0.15, 0.2) is 0 Å². The summed E-state index contributed by atoms with van der Waals surface area (Å²) in [7, 11) is 0. The minimum Gasteiger partial charge on any atom is -0.292 e. The molecular weight excluding hydrogens is 240 g/mol. The number of nitrogens with zero attached hydrogens (tertiary/aromatic N) is 2. The summed E-state index contributed by atoms with van der Waals surface area (Å²) in [5.74, 6) is 0. The Labute approximate surface area is 112 Å². The third-order valence-corrected chi connectivity index (χ3v) is 4.72. The van der Waals surface area contributed by atoms with Crippen molar-refractivity contribution in [2.75, 3.05) is 6.54 Å². The molecular formula is C15H18N2S. The molecule has 3 heteroatoms. The van der Waals surface area contributed by atoms with Gasteiger partial charge in [-0.2, -0.15) is 0 Å². The van der Waals surface area contributed by atoms with Crippen LogP contribution >= 0.6 is 11.3 Å². The maximum Gasteiger partial charge on any atom is 0.0360 e. The van der Waals surface area contributed by atoms with Gasteiger partial charge < -0.3 is 0 Å². The molecule has 18 heavy (non-hydrogen) atoms. The van der Waals surface area contributed by atoms with Crippen molar-refractivity contribution in [2.24, 2.45) is 0 Å². The second-order valence-electron chi connectivity index (χ2n) is 4.80. The van der Waals surface area contributed by atoms with Gasteiger partial charge in [0.2, 0.25) is 0 Å². The molecule has 2 nitrogen and oxygen atoms in total. The molecule has 0 aliphatic carbocycles. The topological polar surface area (TPSA) is 16.1 Å². The van der Waals surface area contributed by atoms with Crippen LogP contribution in [0.3, 0.4) is 0 Å². The van der Waals surface area contributed by atoms with Gasteiger partial charge in [-0.25, -0.2) is 0 Å². The molecule has 1 aliphatic rings. The first-order chi connectivity index (χ1) is 8.88. The Morgan fingerprint density at radius 2 is 2.17 bits per heavy atom. The van der Waals surface area contributed by atoms with E-state index in [1.165, 1.54) is 24.9 Å². The SMILES string of the molecule is CC[C@H]1c2ccsc2CCN1Cc1ccncc1. The van der Waals surface area contributed by atoms with Crippen molar-refractivity contribution in [1.82, 2.24) is 9.88 Å². The van der Waals surface area contributed by atoms with E-state index in [2.05, 4.69) is 40.4 Å². The van der Waals surface area contributed by atoms with Crippen molar-refractivity contribution < 1.29 is 0 Å². The summed E-state index contributed by atoms with van der Waals surface area (Å²) in [5.41, 5.74) is 2.92. The molecule has 0 amide bonds. The van der Waals surface area contributed by atoms with Crippen LogP contribution in [0.1, 0.15) is 35.4 Å². The lowest BCUT2D eigenvalue weighted by molar-refractivity contribution is 0.173. The molecule has 0 unspecified atom stereocenters. The molecule has 2 aromatic rings. The fourth-order valence-corrected chi connectivity index (χ4v) is 3.77. The second kappa shape index (κ2) is 5.21. The van der Waals surface area contributed by atoms with E-state index in [1.54, 1.807) is 10.4 Å². The molecule has 1 atom stereocenters. The summed E-state index contributed by atoms with van der Waals surface area (Å²) in [6, 6.07) is 7.15. The van der Waals surface area contributed by atoms with Crippen LogP contribution in [0, 0.1) is 0 Å². The maximum absolute atomic E-state index is 4.09. The Morgan fingerprint density at radius 3 is 2.94 bits per heavy atom. The largest absolute Gasteiger partial charge is 0.292 e. The number of aromatic nitrogens is 1. The highest BCUT2D eigenvalue weighted by Crippen LogP contribution is 2.35. The van der Waals surface area contributed by atoms with E-state index < -0.39 is 0 Å². The van der Waals surface area contributed by atoms with Gasteiger partial charge in [-0.1, -0.05) is 6.92 Å². The number of fused-ring (bicyclic) bond motifs is 1. The lowest BCUT2D eigenvalue weighted by Crippen LogP contribution is -2.33. The molecule has 1 aliphatic heterocycles. The van der Waals surface area contributed by atoms with Crippen molar-refractivity contribution >= 4 is 11.3 Å². The minimum atomic E-state index is 0.591. The highest BCUT2D eigenvalue weighted by atomic mass is 32.1. The van der Waals surface area contributed by atoms with Gasteiger partial charge in [0.25, 0.3) is 0 Å². The molecule has 0 N–H and O–H groups in total. The molecule has 0 fully saturated rings. The predicted molar refractivity (Wildman–Crippen MR) is 75.7 cm³/mol. The van der Waals surface area contributed by atoms with Crippen LogP contribution in [0.25, 0.3) is 0 Å². The number of hydrogen-bond donors (Lipinski definition) is 0. The van der Waals surface area contributed by atoms with E-state index in [0.717, 1.165) is 6.54 Å².